The van der Waals surface area contributed by atoms with Crippen LogP contribution in [0, 0.1) is 17.5 Å². The summed E-state index contributed by atoms with van der Waals surface area (Å²) >= 11 is 0. The minimum absolute atomic E-state index is 0.189. The molecule has 1 aliphatic rings. The Bertz CT molecular complexity index is 637. The first-order chi connectivity index (χ1) is 10.1. The number of hydrogen-bond donors (Lipinski definition) is 1. The second kappa shape index (κ2) is 5.77. The van der Waals surface area contributed by atoms with E-state index in [4.69, 9.17) is 4.74 Å². The smallest absolute Gasteiger partial charge is 0.194 e. The number of halogens is 3. The van der Waals surface area contributed by atoms with Crippen LogP contribution in [0.2, 0.25) is 0 Å². The van der Waals surface area contributed by atoms with Crippen molar-refractivity contribution in [2.75, 3.05) is 18.5 Å². The standard InChI is InChI=1S/C16H14F3NO/c17-13-7-11(8-14(18)16(13)19)20-9-15-12-4-2-1-3-10(12)5-6-21-15/h1-4,7-8,15,20H,5-6,9H2. The molecule has 1 heterocycles. The molecule has 2 nitrogen and oxygen atoms in total. The van der Waals surface area contributed by atoms with Gasteiger partial charge in [0.1, 0.15) is 0 Å². The van der Waals surface area contributed by atoms with E-state index in [1.54, 1.807) is 0 Å². The molecular weight excluding hydrogens is 279 g/mol. The van der Waals surface area contributed by atoms with Gasteiger partial charge in [-0.05, 0) is 17.5 Å². The summed E-state index contributed by atoms with van der Waals surface area (Å²) < 4.78 is 44.9. The van der Waals surface area contributed by atoms with Crippen molar-refractivity contribution in [3.05, 3.63) is 65.0 Å². The molecule has 0 aromatic heterocycles. The van der Waals surface area contributed by atoms with Crippen molar-refractivity contribution >= 4 is 5.69 Å². The summed E-state index contributed by atoms with van der Waals surface area (Å²) in [5.74, 6) is -3.87. The van der Waals surface area contributed by atoms with Crippen LogP contribution in [0.3, 0.4) is 0 Å². The maximum atomic E-state index is 13.2. The number of benzene rings is 2. The Kier molecular flexibility index (Phi) is 3.84. The maximum absolute atomic E-state index is 13.2. The Labute approximate surface area is 120 Å². The number of rotatable bonds is 3. The van der Waals surface area contributed by atoms with Gasteiger partial charge in [0.25, 0.3) is 0 Å². The lowest BCUT2D eigenvalue weighted by Gasteiger charge is -2.26. The van der Waals surface area contributed by atoms with Gasteiger partial charge in [0.2, 0.25) is 0 Å². The van der Waals surface area contributed by atoms with Crippen molar-refractivity contribution in [1.29, 1.82) is 0 Å². The summed E-state index contributed by atoms with van der Waals surface area (Å²) in [5, 5.41) is 2.89. The molecule has 0 aliphatic carbocycles. The molecule has 0 amide bonds. The topological polar surface area (TPSA) is 21.3 Å². The fourth-order valence-electron chi connectivity index (χ4n) is 2.51. The second-order valence-corrected chi connectivity index (χ2v) is 4.94. The SMILES string of the molecule is Fc1cc(NCC2OCCc3ccccc32)cc(F)c1F. The average molecular weight is 293 g/mol. The van der Waals surface area contributed by atoms with Gasteiger partial charge in [-0.1, -0.05) is 24.3 Å². The maximum Gasteiger partial charge on any atom is 0.194 e. The molecule has 3 rings (SSSR count). The summed E-state index contributed by atoms with van der Waals surface area (Å²) in [6.07, 6.45) is 0.665. The zero-order chi connectivity index (χ0) is 14.8. The fourth-order valence-corrected chi connectivity index (χ4v) is 2.51. The van der Waals surface area contributed by atoms with E-state index in [2.05, 4.69) is 5.32 Å². The molecule has 1 N–H and O–H groups in total. The Morgan fingerprint density at radius 3 is 2.57 bits per heavy atom. The minimum Gasteiger partial charge on any atom is -0.382 e. The van der Waals surface area contributed by atoms with Gasteiger partial charge >= 0.3 is 0 Å². The normalized spacial score (nSPS) is 17.4. The molecule has 0 fully saturated rings. The molecule has 21 heavy (non-hydrogen) atoms. The predicted octanol–water partition coefficient (Wildman–Crippen LogP) is 3.83. The molecule has 1 atom stereocenters. The molecule has 1 unspecified atom stereocenters. The average Bonchev–Trinajstić information content (AvgIpc) is 2.50. The Balaban J connectivity index is 1.74. The molecule has 2 aromatic rings. The van der Waals surface area contributed by atoms with Gasteiger partial charge in [-0.3, -0.25) is 0 Å². The third kappa shape index (κ3) is 2.88. The summed E-state index contributed by atoms with van der Waals surface area (Å²) in [5.41, 5.74) is 2.48. The predicted molar refractivity (Wildman–Crippen MR) is 73.6 cm³/mol. The Hall–Kier alpha value is -2.01. The van der Waals surface area contributed by atoms with E-state index >= 15 is 0 Å². The van der Waals surface area contributed by atoms with Crippen LogP contribution in [-0.4, -0.2) is 13.2 Å². The van der Waals surface area contributed by atoms with Gasteiger partial charge in [-0.2, -0.15) is 0 Å². The third-order valence-electron chi connectivity index (χ3n) is 3.57. The number of anilines is 1. The van der Waals surface area contributed by atoms with Gasteiger partial charge in [0, 0.05) is 24.4 Å². The lowest BCUT2D eigenvalue weighted by atomic mass is 9.97. The van der Waals surface area contributed by atoms with Crippen molar-refractivity contribution in [3.63, 3.8) is 0 Å². The van der Waals surface area contributed by atoms with E-state index in [1.807, 2.05) is 24.3 Å². The molecule has 5 heteroatoms. The van der Waals surface area contributed by atoms with Crippen molar-refractivity contribution in [3.8, 4) is 0 Å². The first-order valence-electron chi connectivity index (χ1n) is 6.73. The van der Waals surface area contributed by atoms with Gasteiger partial charge in [0.15, 0.2) is 17.5 Å². The van der Waals surface area contributed by atoms with Crippen LogP contribution in [-0.2, 0) is 11.2 Å². The van der Waals surface area contributed by atoms with E-state index in [0.29, 0.717) is 13.2 Å². The van der Waals surface area contributed by atoms with Crippen molar-refractivity contribution in [2.45, 2.75) is 12.5 Å². The molecule has 0 radical (unpaired) electrons. The first kappa shape index (κ1) is 13.9. The molecule has 0 saturated heterocycles. The van der Waals surface area contributed by atoms with Crippen LogP contribution in [0.1, 0.15) is 17.2 Å². The van der Waals surface area contributed by atoms with Crippen LogP contribution in [0.5, 0.6) is 0 Å². The van der Waals surface area contributed by atoms with E-state index in [1.165, 1.54) is 5.56 Å². The van der Waals surface area contributed by atoms with Gasteiger partial charge in [-0.25, -0.2) is 13.2 Å². The minimum atomic E-state index is -1.46. The quantitative estimate of drug-likeness (QED) is 0.868. The summed E-state index contributed by atoms with van der Waals surface area (Å²) in [4.78, 5) is 0. The van der Waals surface area contributed by atoms with Crippen LogP contribution in [0.4, 0.5) is 18.9 Å². The highest BCUT2D eigenvalue weighted by molar-refractivity contribution is 5.45. The van der Waals surface area contributed by atoms with Gasteiger partial charge in [0.05, 0.1) is 12.7 Å². The van der Waals surface area contributed by atoms with E-state index in [0.717, 1.165) is 24.1 Å². The summed E-state index contributed by atoms with van der Waals surface area (Å²) in [6, 6.07) is 9.80. The van der Waals surface area contributed by atoms with Crippen LogP contribution < -0.4 is 5.32 Å². The molecule has 0 saturated carbocycles. The van der Waals surface area contributed by atoms with Crippen molar-refractivity contribution < 1.29 is 17.9 Å². The molecule has 0 spiro atoms. The van der Waals surface area contributed by atoms with E-state index in [9.17, 15) is 13.2 Å². The van der Waals surface area contributed by atoms with E-state index < -0.39 is 17.5 Å². The zero-order valence-electron chi connectivity index (χ0n) is 11.2. The van der Waals surface area contributed by atoms with Crippen molar-refractivity contribution in [2.24, 2.45) is 0 Å². The fraction of sp³-hybridized carbons (Fsp3) is 0.250. The number of nitrogens with one attached hydrogen (secondary N) is 1. The largest absolute Gasteiger partial charge is 0.382 e. The van der Waals surface area contributed by atoms with Gasteiger partial charge in [-0.15, -0.1) is 0 Å². The monoisotopic (exact) mass is 293 g/mol. The van der Waals surface area contributed by atoms with Crippen LogP contribution in [0.25, 0.3) is 0 Å². The highest BCUT2D eigenvalue weighted by atomic mass is 19.2. The summed E-state index contributed by atoms with van der Waals surface area (Å²) in [7, 11) is 0. The van der Waals surface area contributed by atoms with E-state index in [-0.39, 0.29) is 11.8 Å². The zero-order valence-corrected chi connectivity index (χ0v) is 11.2. The van der Waals surface area contributed by atoms with Crippen LogP contribution >= 0.6 is 0 Å². The summed E-state index contributed by atoms with van der Waals surface area (Å²) in [6.45, 7) is 0.969. The molecule has 110 valence electrons. The lowest BCUT2D eigenvalue weighted by molar-refractivity contribution is 0.0513. The first-order valence-corrected chi connectivity index (χ1v) is 6.73. The van der Waals surface area contributed by atoms with Crippen LogP contribution in [0.15, 0.2) is 36.4 Å². The van der Waals surface area contributed by atoms with Crippen molar-refractivity contribution in [1.82, 2.24) is 0 Å². The Morgan fingerprint density at radius 2 is 1.81 bits per heavy atom. The number of fused-ring (bicyclic) bond motifs is 1. The number of hydrogen-bond acceptors (Lipinski definition) is 2. The lowest BCUT2D eigenvalue weighted by Crippen LogP contribution is -2.22. The highest BCUT2D eigenvalue weighted by Crippen LogP contribution is 2.27. The molecule has 1 aliphatic heterocycles. The highest BCUT2D eigenvalue weighted by Gasteiger charge is 2.20. The Morgan fingerprint density at radius 1 is 1.10 bits per heavy atom. The molecule has 0 bridgehead atoms. The molecule has 2 aromatic carbocycles. The number of ether oxygens (including phenoxy) is 1. The molecular formula is C16H14F3NO. The second-order valence-electron chi connectivity index (χ2n) is 4.94. The van der Waals surface area contributed by atoms with Gasteiger partial charge < -0.3 is 10.1 Å². The third-order valence-corrected chi connectivity index (χ3v) is 3.57.